The third-order valence-corrected chi connectivity index (χ3v) is 2.34. The quantitative estimate of drug-likeness (QED) is 0.276. The molecule has 17 heavy (non-hydrogen) atoms. The average Bonchev–Trinajstić information content (AvgIpc) is 2.60. The van der Waals surface area contributed by atoms with Gasteiger partial charge in [0.15, 0.2) is 0 Å². The van der Waals surface area contributed by atoms with Crippen LogP contribution in [0.5, 0.6) is 0 Å². The predicted octanol–water partition coefficient (Wildman–Crippen LogP) is 1.10. The highest BCUT2D eigenvalue weighted by Crippen LogP contribution is 2.20. The Morgan fingerprint density at radius 2 is 1.82 bits per heavy atom. The lowest BCUT2D eigenvalue weighted by atomic mass is 10.1. The molecule has 0 radical (unpaired) electrons. The Kier molecular flexibility index (Phi) is 3.04. The molecule has 0 bridgehead atoms. The maximum Gasteiger partial charge on any atom is 0.276 e. The standard InChI is InChI=1S/C10H9N5O2/c11-14-12-5-6-13-15-9(16)7-3-1-2-4-8(7)10(15)17/h1-4,13H,5-6H2. The van der Waals surface area contributed by atoms with Crippen molar-refractivity contribution < 1.29 is 9.59 Å². The topological polar surface area (TPSA) is 98.2 Å². The SMILES string of the molecule is [N-]=[N+]=NCCNN1C(=O)c2ccccc2C1=O. The van der Waals surface area contributed by atoms with E-state index in [-0.39, 0.29) is 24.9 Å². The number of azide groups is 1. The lowest BCUT2D eigenvalue weighted by Gasteiger charge is -2.13. The van der Waals surface area contributed by atoms with Gasteiger partial charge in [-0.3, -0.25) is 9.59 Å². The molecule has 7 nitrogen and oxygen atoms in total. The second-order valence-corrected chi connectivity index (χ2v) is 3.35. The van der Waals surface area contributed by atoms with Crippen molar-refractivity contribution >= 4 is 11.8 Å². The number of rotatable bonds is 4. The fourth-order valence-corrected chi connectivity index (χ4v) is 1.59. The van der Waals surface area contributed by atoms with Crippen LogP contribution in [-0.2, 0) is 0 Å². The molecule has 1 aliphatic heterocycles. The van der Waals surface area contributed by atoms with Gasteiger partial charge < -0.3 is 0 Å². The van der Waals surface area contributed by atoms with E-state index in [1.165, 1.54) is 0 Å². The summed E-state index contributed by atoms with van der Waals surface area (Å²) in [7, 11) is 0. The summed E-state index contributed by atoms with van der Waals surface area (Å²) in [5, 5.41) is 4.24. The zero-order chi connectivity index (χ0) is 12.3. The molecule has 1 aliphatic rings. The summed E-state index contributed by atoms with van der Waals surface area (Å²) in [5.41, 5.74) is 11.5. The van der Waals surface area contributed by atoms with Crippen LogP contribution in [-0.4, -0.2) is 29.9 Å². The maximum absolute atomic E-state index is 11.8. The largest absolute Gasteiger partial charge is 0.276 e. The molecular weight excluding hydrogens is 222 g/mol. The van der Waals surface area contributed by atoms with Gasteiger partial charge in [0, 0.05) is 18.0 Å². The third kappa shape index (κ3) is 1.96. The number of nitrogens with zero attached hydrogens (tertiary/aromatic N) is 4. The van der Waals surface area contributed by atoms with Crippen LogP contribution < -0.4 is 5.43 Å². The van der Waals surface area contributed by atoms with Crippen LogP contribution in [0, 0.1) is 0 Å². The molecule has 1 N–H and O–H groups in total. The molecule has 0 fully saturated rings. The summed E-state index contributed by atoms with van der Waals surface area (Å²) in [6, 6.07) is 6.61. The molecule has 0 aromatic heterocycles. The molecule has 2 amide bonds. The molecular formula is C10H9N5O2. The Labute approximate surface area is 96.6 Å². The van der Waals surface area contributed by atoms with E-state index in [4.69, 9.17) is 5.53 Å². The fraction of sp³-hybridized carbons (Fsp3) is 0.200. The van der Waals surface area contributed by atoms with Crippen molar-refractivity contribution in [2.45, 2.75) is 0 Å². The first-order valence-corrected chi connectivity index (χ1v) is 4.98. The Hall–Kier alpha value is -2.37. The Morgan fingerprint density at radius 3 is 2.35 bits per heavy atom. The summed E-state index contributed by atoms with van der Waals surface area (Å²) < 4.78 is 0. The zero-order valence-electron chi connectivity index (χ0n) is 8.83. The van der Waals surface area contributed by atoms with Crippen LogP contribution in [0.3, 0.4) is 0 Å². The highest BCUT2D eigenvalue weighted by molar-refractivity contribution is 6.20. The normalized spacial score (nSPS) is 13.5. The summed E-state index contributed by atoms with van der Waals surface area (Å²) in [6.07, 6.45) is 0. The van der Waals surface area contributed by atoms with E-state index in [1.807, 2.05) is 0 Å². The number of hydrazine groups is 1. The third-order valence-electron chi connectivity index (χ3n) is 2.34. The first kappa shape index (κ1) is 11.1. The van der Waals surface area contributed by atoms with E-state index >= 15 is 0 Å². The number of nitrogens with one attached hydrogen (secondary N) is 1. The molecule has 0 unspecified atom stereocenters. The van der Waals surface area contributed by atoms with Crippen LogP contribution in [0.15, 0.2) is 29.4 Å². The van der Waals surface area contributed by atoms with Crippen molar-refractivity contribution in [2.75, 3.05) is 13.1 Å². The number of benzene rings is 1. The van der Waals surface area contributed by atoms with Gasteiger partial charge in [-0.05, 0) is 17.7 Å². The monoisotopic (exact) mass is 231 g/mol. The number of amides is 2. The summed E-state index contributed by atoms with van der Waals surface area (Å²) in [4.78, 5) is 26.2. The maximum atomic E-state index is 11.8. The summed E-state index contributed by atoms with van der Waals surface area (Å²) >= 11 is 0. The van der Waals surface area contributed by atoms with Gasteiger partial charge in [0.05, 0.1) is 11.1 Å². The first-order valence-electron chi connectivity index (χ1n) is 4.98. The van der Waals surface area contributed by atoms with E-state index in [2.05, 4.69) is 15.5 Å². The molecule has 0 spiro atoms. The molecule has 1 heterocycles. The second kappa shape index (κ2) is 4.65. The van der Waals surface area contributed by atoms with Gasteiger partial charge in [-0.1, -0.05) is 17.2 Å². The van der Waals surface area contributed by atoms with Crippen molar-refractivity contribution in [2.24, 2.45) is 5.11 Å². The second-order valence-electron chi connectivity index (χ2n) is 3.35. The molecule has 0 aliphatic carbocycles. The minimum Gasteiger partial charge on any atom is -0.267 e. The number of hydrogen-bond acceptors (Lipinski definition) is 4. The van der Waals surface area contributed by atoms with E-state index in [1.54, 1.807) is 24.3 Å². The van der Waals surface area contributed by atoms with Crippen molar-refractivity contribution in [1.29, 1.82) is 0 Å². The van der Waals surface area contributed by atoms with Crippen LogP contribution in [0.2, 0.25) is 0 Å². The Balaban J connectivity index is 2.10. The van der Waals surface area contributed by atoms with Gasteiger partial charge in [0.1, 0.15) is 0 Å². The van der Waals surface area contributed by atoms with Crippen molar-refractivity contribution in [3.8, 4) is 0 Å². The Bertz CT molecular complexity index is 486. The molecule has 0 atom stereocenters. The van der Waals surface area contributed by atoms with Gasteiger partial charge in [-0.2, -0.15) is 0 Å². The fourth-order valence-electron chi connectivity index (χ4n) is 1.59. The van der Waals surface area contributed by atoms with E-state index in [0.717, 1.165) is 5.01 Å². The average molecular weight is 231 g/mol. The summed E-state index contributed by atoms with van der Waals surface area (Å²) in [6.45, 7) is 0.402. The van der Waals surface area contributed by atoms with Crippen LogP contribution in [0.1, 0.15) is 20.7 Å². The molecule has 0 saturated heterocycles. The lowest BCUT2D eigenvalue weighted by Crippen LogP contribution is -2.43. The first-order chi connectivity index (χ1) is 8.25. The lowest BCUT2D eigenvalue weighted by molar-refractivity contribution is 0.0570. The van der Waals surface area contributed by atoms with Crippen LogP contribution >= 0.6 is 0 Å². The van der Waals surface area contributed by atoms with Crippen molar-refractivity contribution in [3.05, 3.63) is 45.8 Å². The number of imide groups is 1. The highest BCUT2D eigenvalue weighted by Gasteiger charge is 2.34. The van der Waals surface area contributed by atoms with E-state index in [0.29, 0.717) is 11.1 Å². The van der Waals surface area contributed by atoms with Gasteiger partial charge >= 0.3 is 0 Å². The molecule has 1 aromatic carbocycles. The van der Waals surface area contributed by atoms with Crippen molar-refractivity contribution in [1.82, 2.24) is 10.4 Å². The van der Waals surface area contributed by atoms with Crippen molar-refractivity contribution in [3.63, 3.8) is 0 Å². The van der Waals surface area contributed by atoms with E-state index in [9.17, 15) is 9.59 Å². The number of carbonyl (C=O) groups is 2. The number of fused-ring (bicyclic) bond motifs is 1. The number of carbonyl (C=O) groups excluding carboxylic acids is 2. The van der Waals surface area contributed by atoms with Crippen LogP contribution in [0.4, 0.5) is 0 Å². The number of hydrogen-bond donors (Lipinski definition) is 1. The summed E-state index contributed by atoms with van der Waals surface area (Å²) in [5.74, 6) is -0.766. The predicted molar refractivity (Wildman–Crippen MR) is 59.0 cm³/mol. The minimum atomic E-state index is -0.383. The highest BCUT2D eigenvalue weighted by atomic mass is 16.2. The molecule has 7 heteroatoms. The Morgan fingerprint density at radius 1 is 1.24 bits per heavy atom. The van der Waals surface area contributed by atoms with Crippen LogP contribution in [0.25, 0.3) is 10.4 Å². The van der Waals surface area contributed by atoms with E-state index < -0.39 is 0 Å². The molecule has 1 aromatic rings. The van der Waals surface area contributed by atoms with Gasteiger partial charge in [0.25, 0.3) is 11.8 Å². The van der Waals surface area contributed by atoms with Gasteiger partial charge in [-0.15, -0.1) is 0 Å². The molecule has 2 rings (SSSR count). The van der Waals surface area contributed by atoms with Gasteiger partial charge in [0.2, 0.25) is 0 Å². The zero-order valence-corrected chi connectivity index (χ0v) is 8.83. The molecule has 86 valence electrons. The van der Waals surface area contributed by atoms with Gasteiger partial charge in [-0.25, -0.2) is 10.4 Å². The smallest absolute Gasteiger partial charge is 0.267 e. The molecule has 0 saturated carbocycles. The minimum absolute atomic E-state index is 0.171.